The lowest BCUT2D eigenvalue weighted by Crippen LogP contribution is -2.53. The van der Waals surface area contributed by atoms with Crippen molar-refractivity contribution in [3.8, 4) is 0 Å². The van der Waals surface area contributed by atoms with Crippen molar-refractivity contribution in [1.82, 2.24) is 16.0 Å². The zero-order valence-electron chi connectivity index (χ0n) is 25.1. The molecule has 1 aliphatic heterocycles. The van der Waals surface area contributed by atoms with Crippen LogP contribution in [0.1, 0.15) is 82.4 Å². The van der Waals surface area contributed by atoms with E-state index in [0.29, 0.717) is 30.0 Å². The predicted octanol–water partition coefficient (Wildman–Crippen LogP) is 5.66. The van der Waals surface area contributed by atoms with Crippen molar-refractivity contribution < 1.29 is 33.4 Å². The fourth-order valence-electron chi connectivity index (χ4n) is 6.26. The number of amides is 3. The molecule has 4 atom stereocenters. The highest BCUT2D eigenvalue weighted by Gasteiger charge is 2.38. The number of carboxylic acids is 1. The van der Waals surface area contributed by atoms with Gasteiger partial charge < -0.3 is 25.8 Å². The average Bonchev–Trinajstić information content (AvgIpc) is 3.39. The molecule has 44 heavy (non-hydrogen) atoms. The lowest BCUT2D eigenvalue weighted by atomic mass is 9.76. The van der Waals surface area contributed by atoms with Gasteiger partial charge in [-0.25, -0.2) is 14.0 Å². The molecule has 0 bridgehead atoms. The highest BCUT2D eigenvalue weighted by molar-refractivity contribution is 6.30. The van der Waals surface area contributed by atoms with Crippen molar-refractivity contribution in [2.45, 2.75) is 88.8 Å². The second-order valence-corrected chi connectivity index (χ2v) is 12.9. The van der Waals surface area contributed by atoms with Crippen molar-refractivity contribution in [2.24, 2.45) is 11.8 Å². The van der Waals surface area contributed by atoms with E-state index in [-0.39, 0.29) is 18.2 Å². The summed E-state index contributed by atoms with van der Waals surface area (Å²) >= 11 is 6.27. The van der Waals surface area contributed by atoms with E-state index in [0.717, 1.165) is 37.7 Å². The number of benzene rings is 2. The third-order valence-electron chi connectivity index (χ3n) is 8.80. The van der Waals surface area contributed by atoms with Crippen molar-refractivity contribution in [3.63, 3.8) is 0 Å². The zero-order valence-corrected chi connectivity index (χ0v) is 25.9. The van der Waals surface area contributed by atoms with Crippen LogP contribution in [0, 0.1) is 17.7 Å². The molecule has 2 aromatic rings. The normalized spacial score (nSPS) is 19.4. The van der Waals surface area contributed by atoms with E-state index in [4.69, 9.17) is 16.3 Å². The van der Waals surface area contributed by atoms with Gasteiger partial charge in [0, 0.05) is 22.9 Å². The Balaban J connectivity index is 1.56. The van der Waals surface area contributed by atoms with E-state index in [2.05, 4.69) is 16.0 Å². The van der Waals surface area contributed by atoms with Gasteiger partial charge in [0.2, 0.25) is 11.8 Å². The number of hydrogen-bond acceptors (Lipinski definition) is 5. The summed E-state index contributed by atoms with van der Waals surface area (Å²) in [5.41, 5.74) is 0.302. The number of nitrogens with one attached hydrogen (secondary N) is 3. The van der Waals surface area contributed by atoms with Gasteiger partial charge in [-0.1, -0.05) is 81.8 Å². The van der Waals surface area contributed by atoms with E-state index in [9.17, 15) is 28.7 Å². The molecular formula is C33H41ClFN3O6. The van der Waals surface area contributed by atoms with E-state index in [1.54, 1.807) is 24.3 Å². The number of halogens is 2. The second kappa shape index (κ2) is 14.9. The molecule has 0 radical (unpaired) electrons. The molecule has 2 aromatic carbocycles. The number of rotatable bonds is 12. The molecule has 4 N–H and O–H groups in total. The largest absolute Gasteiger partial charge is 0.480 e. The smallest absolute Gasteiger partial charge is 0.408 e. The Morgan fingerprint density at radius 3 is 2.39 bits per heavy atom. The summed E-state index contributed by atoms with van der Waals surface area (Å²) in [7, 11) is 0. The minimum atomic E-state index is -1.30. The van der Waals surface area contributed by atoms with Gasteiger partial charge in [0.15, 0.2) is 0 Å². The molecule has 1 heterocycles. The SMILES string of the molecule is CC(C)(c1cccc(Cl)c1)[C@@H](OC(=O)NC(CC1CCCCC1)C(=O)NC(CC1CCNC1=O)C(=O)O)c1cccc(F)c1. The average molecular weight is 630 g/mol. The number of aliphatic carboxylic acids is 1. The molecule has 4 rings (SSSR count). The number of alkyl carbamates (subject to hydrolysis) is 1. The minimum Gasteiger partial charge on any atom is -0.480 e. The Bertz CT molecular complexity index is 1350. The molecule has 1 aliphatic carbocycles. The number of carbonyl (C=O) groups excluding carboxylic acids is 3. The molecule has 0 aromatic heterocycles. The maximum absolute atomic E-state index is 14.3. The quantitative estimate of drug-likeness (QED) is 0.239. The lowest BCUT2D eigenvalue weighted by Gasteiger charge is -2.35. The summed E-state index contributed by atoms with van der Waals surface area (Å²) in [4.78, 5) is 51.3. The molecule has 1 saturated carbocycles. The fourth-order valence-corrected chi connectivity index (χ4v) is 6.45. The first-order valence-electron chi connectivity index (χ1n) is 15.2. The van der Waals surface area contributed by atoms with Gasteiger partial charge in [-0.3, -0.25) is 9.59 Å². The van der Waals surface area contributed by atoms with Crippen LogP contribution in [0.3, 0.4) is 0 Å². The van der Waals surface area contributed by atoms with Crippen LogP contribution in [0.25, 0.3) is 0 Å². The topological polar surface area (TPSA) is 134 Å². The summed E-state index contributed by atoms with van der Waals surface area (Å²) in [6.07, 6.45) is 3.76. The Morgan fingerprint density at radius 2 is 1.75 bits per heavy atom. The maximum Gasteiger partial charge on any atom is 0.408 e. The summed E-state index contributed by atoms with van der Waals surface area (Å²) in [6.45, 7) is 4.16. The fraction of sp³-hybridized carbons (Fsp3) is 0.515. The van der Waals surface area contributed by atoms with Gasteiger partial charge in [0.25, 0.3) is 0 Å². The third-order valence-corrected chi connectivity index (χ3v) is 9.04. The van der Waals surface area contributed by atoms with Gasteiger partial charge in [0.05, 0.1) is 0 Å². The molecule has 0 spiro atoms. The van der Waals surface area contributed by atoms with Crippen molar-refractivity contribution in [1.29, 1.82) is 0 Å². The van der Waals surface area contributed by atoms with Gasteiger partial charge >= 0.3 is 12.1 Å². The highest BCUT2D eigenvalue weighted by Crippen LogP contribution is 2.40. The number of ether oxygens (including phenoxy) is 1. The van der Waals surface area contributed by atoms with Crippen LogP contribution in [0.5, 0.6) is 0 Å². The Labute approximate surface area is 262 Å². The predicted molar refractivity (Wildman–Crippen MR) is 164 cm³/mol. The van der Waals surface area contributed by atoms with Crippen molar-refractivity contribution in [3.05, 3.63) is 70.5 Å². The molecule has 2 aliphatic rings. The van der Waals surface area contributed by atoms with E-state index < -0.39 is 53.3 Å². The highest BCUT2D eigenvalue weighted by atomic mass is 35.5. The first-order chi connectivity index (χ1) is 20.9. The summed E-state index contributed by atoms with van der Waals surface area (Å²) in [5.74, 6) is -3.01. The van der Waals surface area contributed by atoms with Crippen LogP contribution in [0.15, 0.2) is 48.5 Å². The van der Waals surface area contributed by atoms with Gasteiger partial charge in [0.1, 0.15) is 24.0 Å². The Hall–Kier alpha value is -3.66. The second-order valence-electron chi connectivity index (χ2n) is 12.4. The van der Waals surface area contributed by atoms with Crippen LogP contribution in [0.2, 0.25) is 5.02 Å². The summed E-state index contributed by atoms with van der Waals surface area (Å²) < 4.78 is 20.3. The van der Waals surface area contributed by atoms with Crippen LogP contribution in [-0.4, -0.2) is 47.6 Å². The molecule has 9 nitrogen and oxygen atoms in total. The summed E-state index contributed by atoms with van der Waals surface area (Å²) in [5, 5.41) is 18.3. The van der Waals surface area contributed by atoms with Crippen molar-refractivity contribution >= 4 is 35.5 Å². The molecule has 11 heteroatoms. The monoisotopic (exact) mass is 629 g/mol. The third kappa shape index (κ3) is 8.71. The van der Waals surface area contributed by atoms with Gasteiger partial charge in [-0.2, -0.15) is 0 Å². The first-order valence-corrected chi connectivity index (χ1v) is 15.6. The van der Waals surface area contributed by atoms with E-state index in [1.165, 1.54) is 18.2 Å². The Morgan fingerprint density at radius 1 is 1.02 bits per heavy atom. The first kappa shape index (κ1) is 33.2. The van der Waals surface area contributed by atoms with Crippen LogP contribution in [0.4, 0.5) is 9.18 Å². The number of hydrogen-bond donors (Lipinski definition) is 4. The minimum absolute atomic E-state index is 0.0526. The number of carbonyl (C=O) groups is 4. The van der Waals surface area contributed by atoms with Crippen LogP contribution >= 0.6 is 11.6 Å². The molecule has 3 unspecified atom stereocenters. The molecular weight excluding hydrogens is 589 g/mol. The Kier molecular flexibility index (Phi) is 11.2. The van der Waals surface area contributed by atoms with E-state index in [1.807, 2.05) is 19.9 Å². The zero-order chi connectivity index (χ0) is 31.9. The standard InChI is InChI=1S/C33H41ClFN3O6/c1-33(2,23-11-7-12-24(34)19-23)28(21-10-6-13-25(35)17-21)44-32(43)38-26(16-20-8-4-3-5-9-20)30(40)37-27(31(41)42)18-22-14-15-36-29(22)39/h6-7,10-13,17,19-20,22,26-28H,3-5,8-9,14-16,18H2,1-2H3,(H,36,39)(H,37,40)(H,38,43)(H,41,42)/t22?,26?,27?,28-/m0/s1. The lowest BCUT2D eigenvalue weighted by molar-refractivity contribution is -0.143. The number of carboxylic acid groups (broad SMARTS) is 1. The van der Waals surface area contributed by atoms with E-state index >= 15 is 0 Å². The molecule has 2 fully saturated rings. The molecule has 3 amide bonds. The molecule has 238 valence electrons. The van der Waals surface area contributed by atoms with Crippen LogP contribution < -0.4 is 16.0 Å². The summed E-state index contributed by atoms with van der Waals surface area (Å²) in [6, 6.07) is 10.5. The van der Waals surface area contributed by atoms with Gasteiger partial charge in [-0.05, 0) is 60.6 Å². The van der Waals surface area contributed by atoms with Crippen LogP contribution in [-0.2, 0) is 24.5 Å². The van der Waals surface area contributed by atoms with Crippen molar-refractivity contribution in [2.75, 3.05) is 6.54 Å². The molecule has 1 saturated heterocycles. The maximum atomic E-state index is 14.3. The van der Waals surface area contributed by atoms with Gasteiger partial charge in [-0.15, -0.1) is 0 Å².